The summed E-state index contributed by atoms with van der Waals surface area (Å²) in [5, 5.41) is 2.40. The fraction of sp³-hybridized carbons (Fsp3) is 0.333. The Morgan fingerprint density at radius 3 is 2.59 bits per heavy atom. The van der Waals surface area contributed by atoms with Crippen molar-refractivity contribution < 1.29 is 14.3 Å². The van der Waals surface area contributed by atoms with Crippen molar-refractivity contribution >= 4 is 17.6 Å². The summed E-state index contributed by atoms with van der Waals surface area (Å²) in [7, 11) is 1.48. The number of nitrogens with one attached hydrogen (secondary N) is 1. The Bertz CT molecular complexity index is 443. The summed E-state index contributed by atoms with van der Waals surface area (Å²) in [4.78, 5) is 22.9. The monoisotopic (exact) mass is 236 g/mol. The lowest BCUT2D eigenvalue weighted by molar-refractivity contribution is -0.128. The third-order valence-corrected chi connectivity index (χ3v) is 2.41. The van der Waals surface area contributed by atoms with Gasteiger partial charge in [-0.15, -0.1) is 0 Å². The van der Waals surface area contributed by atoms with Gasteiger partial charge in [0.2, 0.25) is 0 Å². The van der Waals surface area contributed by atoms with Crippen LogP contribution in [0, 0.1) is 6.92 Å². The molecule has 0 bridgehead atoms. The number of esters is 1. The molecule has 92 valence electrons. The van der Waals surface area contributed by atoms with Gasteiger partial charge in [0.15, 0.2) is 6.10 Å². The molecule has 0 aliphatic carbocycles. The molecule has 3 N–H and O–H groups in total. The van der Waals surface area contributed by atoms with Crippen molar-refractivity contribution in [3.8, 4) is 0 Å². The zero-order valence-electron chi connectivity index (χ0n) is 10.1. The van der Waals surface area contributed by atoms with Crippen LogP contribution in [-0.4, -0.2) is 25.0 Å². The molecule has 0 spiro atoms. The maximum atomic E-state index is 11.7. The van der Waals surface area contributed by atoms with Crippen molar-refractivity contribution in [2.75, 3.05) is 12.8 Å². The quantitative estimate of drug-likeness (QED) is 0.602. The van der Waals surface area contributed by atoms with Gasteiger partial charge < -0.3 is 15.8 Å². The van der Waals surface area contributed by atoms with Gasteiger partial charge in [0.05, 0.1) is 5.56 Å². The average molecular weight is 236 g/mol. The number of anilines is 1. The van der Waals surface area contributed by atoms with E-state index in [2.05, 4.69) is 5.32 Å². The van der Waals surface area contributed by atoms with E-state index in [-0.39, 0.29) is 5.91 Å². The Balaban J connectivity index is 2.76. The summed E-state index contributed by atoms with van der Waals surface area (Å²) in [6.45, 7) is 3.35. The minimum absolute atomic E-state index is 0.337. The predicted molar refractivity (Wildman–Crippen MR) is 64.5 cm³/mol. The Kier molecular flexibility index (Phi) is 4.09. The summed E-state index contributed by atoms with van der Waals surface area (Å²) in [6.07, 6.45) is -0.824. The standard InChI is InChI=1S/C12H16N2O3/c1-7-4-5-9(6-10(7)13)12(16)17-8(2)11(15)14-3/h4-6,8H,13H2,1-3H3,(H,14,15). The van der Waals surface area contributed by atoms with E-state index in [9.17, 15) is 9.59 Å². The number of benzene rings is 1. The first-order valence-electron chi connectivity index (χ1n) is 5.24. The Labute approximate surface area is 99.9 Å². The van der Waals surface area contributed by atoms with E-state index in [1.54, 1.807) is 12.1 Å². The molecule has 0 fully saturated rings. The number of carbonyl (C=O) groups excluding carboxylic acids is 2. The highest BCUT2D eigenvalue weighted by molar-refractivity contribution is 5.93. The number of carbonyl (C=O) groups is 2. The van der Waals surface area contributed by atoms with Gasteiger partial charge in [0, 0.05) is 12.7 Å². The fourth-order valence-corrected chi connectivity index (χ4v) is 1.25. The maximum absolute atomic E-state index is 11.7. The molecule has 0 saturated heterocycles. The molecule has 1 unspecified atom stereocenters. The second-order valence-electron chi connectivity index (χ2n) is 3.73. The minimum Gasteiger partial charge on any atom is -0.449 e. The number of aryl methyl sites for hydroxylation is 1. The topological polar surface area (TPSA) is 81.4 Å². The number of hydrogen-bond donors (Lipinski definition) is 2. The van der Waals surface area contributed by atoms with Crippen molar-refractivity contribution in [3.63, 3.8) is 0 Å². The van der Waals surface area contributed by atoms with E-state index in [0.717, 1.165) is 5.56 Å². The lowest BCUT2D eigenvalue weighted by atomic mass is 10.1. The van der Waals surface area contributed by atoms with Crippen LogP contribution in [0.3, 0.4) is 0 Å². The largest absolute Gasteiger partial charge is 0.449 e. The average Bonchev–Trinajstić information content (AvgIpc) is 2.31. The molecule has 1 rings (SSSR count). The van der Waals surface area contributed by atoms with Gasteiger partial charge in [-0.2, -0.15) is 0 Å². The van der Waals surface area contributed by atoms with E-state index < -0.39 is 12.1 Å². The molecule has 0 aliphatic rings. The summed E-state index contributed by atoms with van der Waals surface area (Å²) in [5.41, 5.74) is 7.44. The van der Waals surface area contributed by atoms with E-state index in [0.29, 0.717) is 11.3 Å². The highest BCUT2D eigenvalue weighted by Gasteiger charge is 2.17. The zero-order valence-corrected chi connectivity index (χ0v) is 10.1. The Morgan fingerprint density at radius 1 is 1.41 bits per heavy atom. The second kappa shape index (κ2) is 5.34. The highest BCUT2D eigenvalue weighted by atomic mass is 16.5. The smallest absolute Gasteiger partial charge is 0.338 e. The van der Waals surface area contributed by atoms with Crippen molar-refractivity contribution in [2.45, 2.75) is 20.0 Å². The van der Waals surface area contributed by atoms with Crippen LogP contribution in [0.1, 0.15) is 22.8 Å². The number of rotatable bonds is 3. The van der Waals surface area contributed by atoms with Gasteiger partial charge in [0.25, 0.3) is 5.91 Å². The highest BCUT2D eigenvalue weighted by Crippen LogP contribution is 2.14. The predicted octanol–water partition coefficient (Wildman–Crippen LogP) is 0.869. The number of ether oxygens (including phenoxy) is 1. The molecule has 1 atom stereocenters. The van der Waals surface area contributed by atoms with Crippen LogP contribution in [0.25, 0.3) is 0 Å². The summed E-state index contributed by atoms with van der Waals surface area (Å²) < 4.78 is 4.98. The summed E-state index contributed by atoms with van der Waals surface area (Å²) in [5.74, 6) is -0.911. The number of likely N-dealkylation sites (N-methyl/N-ethyl adjacent to an activating group) is 1. The van der Waals surface area contributed by atoms with Crippen LogP contribution >= 0.6 is 0 Å². The molecule has 0 aromatic heterocycles. The molecule has 1 aromatic carbocycles. The molecule has 17 heavy (non-hydrogen) atoms. The van der Waals surface area contributed by atoms with Gasteiger partial charge in [-0.1, -0.05) is 6.07 Å². The fourth-order valence-electron chi connectivity index (χ4n) is 1.25. The SMILES string of the molecule is CNC(=O)C(C)OC(=O)c1ccc(C)c(N)c1. The van der Waals surface area contributed by atoms with Crippen LogP contribution in [0.15, 0.2) is 18.2 Å². The zero-order chi connectivity index (χ0) is 13.0. The Hall–Kier alpha value is -2.04. The third-order valence-electron chi connectivity index (χ3n) is 2.41. The van der Waals surface area contributed by atoms with Gasteiger partial charge in [0.1, 0.15) is 0 Å². The van der Waals surface area contributed by atoms with Crippen LogP contribution in [0.5, 0.6) is 0 Å². The first-order valence-corrected chi connectivity index (χ1v) is 5.24. The van der Waals surface area contributed by atoms with E-state index in [4.69, 9.17) is 10.5 Å². The van der Waals surface area contributed by atoms with Crippen molar-refractivity contribution in [1.29, 1.82) is 0 Å². The minimum atomic E-state index is -0.824. The second-order valence-corrected chi connectivity index (χ2v) is 3.73. The van der Waals surface area contributed by atoms with Crippen LogP contribution < -0.4 is 11.1 Å². The summed E-state index contributed by atoms with van der Waals surface area (Å²) >= 11 is 0. The lowest BCUT2D eigenvalue weighted by Crippen LogP contribution is -2.33. The Morgan fingerprint density at radius 2 is 2.06 bits per heavy atom. The van der Waals surface area contributed by atoms with Gasteiger partial charge in [-0.05, 0) is 31.5 Å². The summed E-state index contributed by atoms with van der Waals surface area (Å²) in [6, 6.07) is 4.88. The van der Waals surface area contributed by atoms with Gasteiger partial charge >= 0.3 is 5.97 Å². The molecule has 0 saturated carbocycles. The number of hydrogen-bond acceptors (Lipinski definition) is 4. The first kappa shape index (κ1) is 13.0. The first-order chi connectivity index (χ1) is 7.95. The van der Waals surface area contributed by atoms with Crippen molar-refractivity contribution in [3.05, 3.63) is 29.3 Å². The van der Waals surface area contributed by atoms with Crippen LogP contribution in [0.4, 0.5) is 5.69 Å². The number of amides is 1. The lowest BCUT2D eigenvalue weighted by Gasteiger charge is -2.12. The van der Waals surface area contributed by atoms with Crippen molar-refractivity contribution in [2.24, 2.45) is 0 Å². The maximum Gasteiger partial charge on any atom is 0.338 e. The molecule has 0 radical (unpaired) electrons. The third kappa shape index (κ3) is 3.21. The van der Waals surface area contributed by atoms with E-state index in [1.807, 2.05) is 6.92 Å². The molecular weight excluding hydrogens is 220 g/mol. The molecule has 0 aliphatic heterocycles. The van der Waals surface area contributed by atoms with Gasteiger partial charge in [-0.25, -0.2) is 4.79 Å². The van der Waals surface area contributed by atoms with Crippen LogP contribution in [0.2, 0.25) is 0 Å². The van der Waals surface area contributed by atoms with E-state index in [1.165, 1.54) is 20.0 Å². The molecule has 1 amide bonds. The molecular formula is C12H16N2O3. The number of nitrogens with two attached hydrogens (primary N) is 1. The molecule has 1 aromatic rings. The molecule has 5 nitrogen and oxygen atoms in total. The van der Waals surface area contributed by atoms with Crippen molar-refractivity contribution in [1.82, 2.24) is 5.32 Å². The normalized spacial score (nSPS) is 11.7. The van der Waals surface area contributed by atoms with E-state index >= 15 is 0 Å². The number of nitrogen functional groups attached to an aromatic ring is 1. The van der Waals surface area contributed by atoms with Gasteiger partial charge in [-0.3, -0.25) is 4.79 Å². The van der Waals surface area contributed by atoms with Crippen LogP contribution in [-0.2, 0) is 9.53 Å². The molecule has 0 heterocycles. The molecule has 5 heteroatoms.